The van der Waals surface area contributed by atoms with Crippen molar-refractivity contribution in [2.24, 2.45) is 23.7 Å². The molecule has 3 aliphatic rings. The molecule has 126 valence electrons. The standard InChI is InChI=1S/C17H27N5O/c23-17(15-10-14(15)13-6-2-1-3-7-13)22-8-4-5-12(11-22)9-16-18-20-21-19-16/h12-15H,1-11H2,(H,18,19,20,21). The lowest BCUT2D eigenvalue weighted by molar-refractivity contribution is -0.135. The molecule has 1 aromatic rings. The van der Waals surface area contributed by atoms with E-state index in [-0.39, 0.29) is 0 Å². The number of piperidine rings is 1. The minimum absolute atomic E-state index is 0.335. The molecule has 6 nitrogen and oxygen atoms in total. The fourth-order valence-corrected chi connectivity index (χ4v) is 4.78. The van der Waals surface area contributed by atoms with Crippen molar-refractivity contribution in [3.05, 3.63) is 5.82 Å². The number of hydrogen-bond acceptors (Lipinski definition) is 4. The Hall–Kier alpha value is -1.46. The first-order chi connectivity index (χ1) is 11.3. The van der Waals surface area contributed by atoms with Crippen LogP contribution in [-0.4, -0.2) is 44.5 Å². The van der Waals surface area contributed by atoms with Crippen LogP contribution in [0.25, 0.3) is 0 Å². The van der Waals surface area contributed by atoms with E-state index >= 15 is 0 Å². The molecule has 3 unspecified atom stereocenters. The van der Waals surface area contributed by atoms with E-state index in [4.69, 9.17) is 0 Å². The van der Waals surface area contributed by atoms with Crippen LogP contribution in [0.2, 0.25) is 0 Å². The number of likely N-dealkylation sites (tertiary alicyclic amines) is 1. The van der Waals surface area contributed by atoms with Gasteiger partial charge in [0.25, 0.3) is 0 Å². The molecule has 1 aromatic heterocycles. The number of rotatable bonds is 4. The number of aromatic nitrogens is 4. The summed E-state index contributed by atoms with van der Waals surface area (Å²) < 4.78 is 0. The maximum absolute atomic E-state index is 12.8. The summed E-state index contributed by atoms with van der Waals surface area (Å²) in [6.45, 7) is 1.82. The molecule has 2 saturated carbocycles. The molecule has 1 saturated heterocycles. The maximum Gasteiger partial charge on any atom is 0.225 e. The SMILES string of the molecule is O=C(C1CC1C1CCCCC1)N1CCCC(Cc2nn[nH]n2)C1. The van der Waals surface area contributed by atoms with Gasteiger partial charge in [0.05, 0.1) is 0 Å². The van der Waals surface area contributed by atoms with Crippen molar-refractivity contribution in [3.63, 3.8) is 0 Å². The Labute approximate surface area is 137 Å². The number of aromatic amines is 1. The number of carbonyl (C=O) groups is 1. The first-order valence-electron chi connectivity index (χ1n) is 9.32. The smallest absolute Gasteiger partial charge is 0.225 e. The molecular weight excluding hydrogens is 290 g/mol. The highest BCUT2D eigenvalue weighted by Gasteiger charge is 2.49. The van der Waals surface area contributed by atoms with Gasteiger partial charge >= 0.3 is 0 Å². The Morgan fingerprint density at radius 2 is 2.04 bits per heavy atom. The fraction of sp³-hybridized carbons (Fsp3) is 0.882. The van der Waals surface area contributed by atoms with Gasteiger partial charge in [0.15, 0.2) is 5.82 Å². The summed E-state index contributed by atoms with van der Waals surface area (Å²) in [7, 11) is 0. The van der Waals surface area contributed by atoms with E-state index in [0.29, 0.717) is 23.7 Å². The van der Waals surface area contributed by atoms with Gasteiger partial charge in [-0.2, -0.15) is 5.21 Å². The Morgan fingerprint density at radius 1 is 1.17 bits per heavy atom. The molecule has 6 heteroatoms. The van der Waals surface area contributed by atoms with E-state index in [1.165, 1.54) is 32.1 Å². The largest absolute Gasteiger partial charge is 0.342 e. The number of nitrogens with zero attached hydrogens (tertiary/aromatic N) is 4. The van der Waals surface area contributed by atoms with Gasteiger partial charge in [-0.15, -0.1) is 10.2 Å². The highest BCUT2D eigenvalue weighted by Crippen LogP contribution is 2.50. The monoisotopic (exact) mass is 317 g/mol. The van der Waals surface area contributed by atoms with E-state index in [0.717, 1.165) is 50.5 Å². The Morgan fingerprint density at radius 3 is 2.83 bits per heavy atom. The molecule has 2 heterocycles. The van der Waals surface area contributed by atoms with Crippen LogP contribution in [-0.2, 0) is 11.2 Å². The molecule has 1 N–H and O–H groups in total. The van der Waals surface area contributed by atoms with Crippen LogP contribution >= 0.6 is 0 Å². The molecule has 1 aliphatic heterocycles. The Kier molecular flexibility index (Phi) is 4.31. The highest BCUT2D eigenvalue weighted by atomic mass is 16.2. The van der Waals surface area contributed by atoms with Gasteiger partial charge in [-0.05, 0) is 37.0 Å². The predicted molar refractivity (Wildman–Crippen MR) is 85.4 cm³/mol. The van der Waals surface area contributed by atoms with Crippen LogP contribution in [0.4, 0.5) is 0 Å². The maximum atomic E-state index is 12.8. The minimum atomic E-state index is 0.335. The van der Waals surface area contributed by atoms with Gasteiger partial charge in [0.1, 0.15) is 0 Å². The number of H-pyrrole nitrogens is 1. The second kappa shape index (κ2) is 6.57. The molecule has 2 aliphatic carbocycles. The van der Waals surface area contributed by atoms with Gasteiger partial charge in [-0.1, -0.05) is 37.3 Å². The van der Waals surface area contributed by atoms with Crippen LogP contribution in [0.5, 0.6) is 0 Å². The first kappa shape index (κ1) is 15.1. The number of carbonyl (C=O) groups excluding carboxylic acids is 1. The third-order valence-corrected chi connectivity index (χ3v) is 6.10. The van der Waals surface area contributed by atoms with Gasteiger partial charge in [0.2, 0.25) is 5.91 Å². The van der Waals surface area contributed by atoms with E-state index in [9.17, 15) is 4.79 Å². The predicted octanol–water partition coefficient (Wildman–Crippen LogP) is 2.20. The molecule has 3 atom stereocenters. The average molecular weight is 317 g/mol. The normalized spacial score (nSPS) is 32.0. The van der Waals surface area contributed by atoms with Gasteiger partial charge < -0.3 is 4.90 Å². The summed E-state index contributed by atoms with van der Waals surface area (Å²) in [6.07, 6.45) is 11.1. The number of hydrogen-bond donors (Lipinski definition) is 1. The molecule has 0 radical (unpaired) electrons. The summed E-state index contributed by atoms with van der Waals surface area (Å²) in [4.78, 5) is 15.0. The lowest BCUT2D eigenvalue weighted by Gasteiger charge is -2.33. The van der Waals surface area contributed by atoms with E-state index in [1.54, 1.807) is 0 Å². The zero-order valence-electron chi connectivity index (χ0n) is 13.8. The van der Waals surface area contributed by atoms with Crippen molar-refractivity contribution in [3.8, 4) is 0 Å². The fourth-order valence-electron chi connectivity index (χ4n) is 4.78. The summed E-state index contributed by atoms with van der Waals surface area (Å²) in [5.41, 5.74) is 0. The van der Waals surface area contributed by atoms with Crippen molar-refractivity contribution in [2.45, 2.75) is 57.8 Å². The van der Waals surface area contributed by atoms with Crippen molar-refractivity contribution in [2.75, 3.05) is 13.1 Å². The van der Waals surface area contributed by atoms with Crippen molar-refractivity contribution in [1.82, 2.24) is 25.5 Å². The summed E-state index contributed by atoms with van der Waals surface area (Å²) in [5, 5.41) is 14.2. The van der Waals surface area contributed by atoms with Gasteiger partial charge in [0, 0.05) is 25.4 Å². The second-order valence-corrected chi connectivity index (χ2v) is 7.73. The van der Waals surface area contributed by atoms with Crippen LogP contribution in [0, 0.1) is 23.7 Å². The topological polar surface area (TPSA) is 74.8 Å². The lowest BCUT2D eigenvalue weighted by Crippen LogP contribution is -2.41. The second-order valence-electron chi connectivity index (χ2n) is 7.73. The molecule has 23 heavy (non-hydrogen) atoms. The molecule has 1 amide bonds. The van der Waals surface area contributed by atoms with Crippen LogP contribution < -0.4 is 0 Å². The number of nitrogens with one attached hydrogen (secondary N) is 1. The highest BCUT2D eigenvalue weighted by molar-refractivity contribution is 5.81. The molecule has 0 aromatic carbocycles. The number of amides is 1. The van der Waals surface area contributed by atoms with Gasteiger partial charge in [-0.25, -0.2) is 0 Å². The van der Waals surface area contributed by atoms with E-state index in [2.05, 4.69) is 25.5 Å². The molecule has 0 spiro atoms. The summed E-state index contributed by atoms with van der Waals surface area (Å²) in [5.74, 6) is 3.55. The summed E-state index contributed by atoms with van der Waals surface area (Å²) >= 11 is 0. The molecular formula is C17H27N5O. The van der Waals surface area contributed by atoms with Gasteiger partial charge in [-0.3, -0.25) is 4.79 Å². The lowest BCUT2D eigenvalue weighted by atomic mass is 9.85. The molecule has 4 rings (SSSR count). The van der Waals surface area contributed by atoms with Crippen molar-refractivity contribution < 1.29 is 4.79 Å². The summed E-state index contributed by atoms with van der Waals surface area (Å²) in [6, 6.07) is 0. The van der Waals surface area contributed by atoms with Crippen molar-refractivity contribution >= 4 is 5.91 Å². The van der Waals surface area contributed by atoms with Crippen LogP contribution in [0.3, 0.4) is 0 Å². The molecule has 0 bridgehead atoms. The van der Waals surface area contributed by atoms with Crippen LogP contribution in [0.15, 0.2) is 0 Å². The Balaban J connectivity index is 1.30. The Bertz CT molecular complexity index is 525. The third-order valence-electron chi connectivity index (χ3n) is 6.10. The first-order valence-corrected chi connectivity index (χ1v) is 9.32. The zero-order chi connectivity index (χ0) is 15.6. The van der Waals surface area contributed by atoms with Crippen LogP contribution in [0.1, 0.15) is 57.2 Å². The van der Waals surface area contributed by atoms with E-state index in [1.807, 2.05) is 0 Å². The molecule has 3 fully saturated rings. The van der Waals surface area contributed by atoms with E-state index < -0.39 is 0 Å². The third kappa shape index (κ3) is 3.40. The zero-order valence-corrected chi connectivity index (χ0v) is 13.8. The van der Waals surface area contributed by atoms with Crippen molar-refractivity contribution in [1.29, 1.82) is 0 Å². The minimum Gasteiger partial charge on any atom is -0.342 e. The number of tetrazole rings is 1. The quantitative estimate of drug-likeness (QED) is 0.924. The average Bonchev–Trinajstić information content (AvgIpc) is 3.24.